The van der Waals surface area contributed by atoms with Gasteiger partial charge in [0, 0.05) is 6.42 Å². The van der Waals surface area contributed by atoms with Crippen molar-refractivity contribution in [3.05, 3.63) is 64.4 Å². The molecule has 0 aliphatic carbocycles. The molecular formula is C16H16ClFO2. The van der Waals surface area contributed by atoms with Crippen molar-refractivity contribution >= 4 is 11.6 Å². The van der Waals surface area contributed by atoms with Gasteiger partial charge >= 0.3 is 0 Å². The van der Waals surface area contributed by atoms with Gasteiger partial charge < -0.3 is 9.84 Å². The first-order chi connectivity index (χ1) is 9.42. The molecule has 1 atom stereocenters. The molecule has 106 valence electrons. The van der Waals surface area contributed by atoms with E-state index in [1.54, 1.807) is 26.2 Å². The van der Waals surface area contributed by atoms with Crippen LogP contribution in [-0.2, 0) is 12.0 Å². The second kappa shape index (κ2) is 5.81. The molecule has 0 aliphatic rings. The molecule has 1 N–H and O–H groups in total. The summed E-state index contributed by atoms with van der Waals surface area (Å²) in [4.78, 5) is 0. The van der Waals surface area contributed by atoms with E-state index in [4.69, 9.17) is 16.3 Å². The lowest BCUT2D eigenvalue weighted by Crippen LogP contribution is -2.24. The Labute approximate surface area is 122 Å². The predicted molar refractivity (Wildman–Crippen MR) is 77.7 cm³/mol. The number of methoxy groups -OCH3 is 1. The van der Waals surface area contributed by atoms with Gasteiger partial charge in [-0.05, 0) is 42.3 Å². The van der Waals surface area contributed by atoms with Crippen molar-refractivity contribution in [2.45, 2.75) is 18.9 Å². The lowest BCUT2D eigenvalue weighted by molar-refractivity contribution is 0.0573. The molecule has 0 heterocycles. The summed E-state index contributed by atoms with van der Waals surface area (Å²) in [6, 6.07) is 11.7. The topological polar surface area (TPSA) is 29.5 Å². The van der Waals surface area contributed by atoms with E-state index in [0.717, 1.165) is 0 Å². The van der Waals surface area contributed by atoms with E-state index in [2.05, 4.69) is 0 Å². The highest BCUT2D eigenvalue weighted by molar-refractivity contribution is 6.30. The summed E-state index contributed by atoms with van der Waals surface area (Å²) < 4.78 is 18.6. The molecule has 0 saturated carbocycles. The van der Waals surface area contributed by atoms with Crippen LogP contribution in [0.2, 0.25) is 5.02 Å². The quantitative estimate of drug-likeness (QED) is 0.925. The van der Waals surface area contributed by atoms with Gasteiger partial charge in [0.2, 0.25) is 0 Å². The van der Waals surface area contributed by atoms with Crippen molar-refractivity contribution in [2.75, 3.05) is 7.11 Å². The van der Waals surface area contributed by atoms with Crippen molar-refractivity contribution in [1.82, 2.24) is 0 Å². The second-order valence-electron chi connectivity index (χ2n) is 4.93. The number of benzene rings is 2. The SMILES string of the molecule is COc1cccc(C(C)(O)Cc2ccc(Cl)c(F)c2)c1. The van der Waals surface area contributed by atoms with Crippen molar-refractivity contribution in [2.24, 2.45) is 0 Å². The zero-order valence-corrected chi connectivity index (χ0v) is 12.1. The lowest BCUT2D eigenvalue weighted by atomic mass is 9.89. The summed E-state index contributed by atoms with van der Waals surface area (Å²) in [5.41, 5.74) is 0.279. The Balaban J connectivity index is 2.27. The molecule has 1 unspecified atom stereocenters. The standard InChI is InChI=1S/C16H16ClFO2/c1-16(19,12-4-3-5-13(9-12)20-2)10-11-6-7-14(17)15(18)8-11/h3-9,19H,10H2,1-2H3. The van der Waals surface area contributed by atoms with Gasteiger partial charge in [0.05, 0.1) is 17.7 Å². The average molecular weight is 295 g/mol. The summed E-state index contributed by atoms with van der Waals surface area (Å²) in [5, 5.41) is 10.7. The lowest BCUT2D eigenvalue weighted by Gasteiger charge is -2.24. The smallest absolute Gasteiger partial charge is 0.142 e. The summed E-state index contributed by atoms with van der Waals surface area (Å²) in [5.74, 6) is 0.190. The van der Waals surface area contributed by atoms with Crippen molar-refractivity contribution in [3.63, 3.8) is 0 Å². The molecule has 0 amide bonds. The maximum Gasteiger partial charge on any atom is 0.142 e. The van der Waals surface area contributed by atoms with Crippen molar-refractivity contribution < 1.29 is 14.2 Å². The number of hydrogen-bond donors (Lipinski definition) is 1. The van der Waals surface area contributed by atoms with Crippen LogP contribution in [0.5, 0.6) is 5.75 Å². The Morgan fingerprint density at radius 3 is 2.65 bits per heavy atom. The minimum absolute atomic E-state index is 0.0785. The molecule has 2 aromatic carbocycles. The number of halogens is 2. The molecule has 0 radical (unpaired) electrons. The Morgan fingerprint density at radius 2 is 2.00 bits per heavy atom. The Hall–Kier alpha value is -1.58. The molecule has 2 nitrogen and oxygen atoms in total. The second-order valence-corrected chi connectivity index (χ2v) is 5.34. The van der Waals surface area contributed by atoms with Crippen LogP contribution in [0.25, 0.3) is 0 Å². The maximum atomic E-state index is 13.4. The zero-order chi connectivity index (χ0) is 14.8. The first-order valence-electron chi connectivity index (χ1n) is 6.23. The zero-order valence-electron chi connectivity index (χ0n) is 11.4. The molecular weight excluding hydrogens is 279 g/mol. The third-order valence-corrected chi connectivity index (χ3v) is 3.53. The molecule has 0 bridgehead atoms. The van der Waals surface area contributed by atoms with Gasteiger partial charge in [-0.1, -0.05) is 29.8 Å². The molecule has 0 aromatic heterocycles. The van der Waals surface area contributed by atoms with Crippen molar-refractivity contribution in [1.29, 1.82) is 0 Å². The highest BCUT2D eigenvalue weighted by atomic mass is 35.5. The third-order valence-electron chi connectivity index (χ3n) is 3.22. The van der Waals surface area contributed by atoms with E-state index in [1.807, 2.05) is 18.2 Å². The summed E-state index contributed by atoms with van der Waals surface area (Å²) in [7, 11) is 1.57. The van der Waals surface area contributed by atoms with Gasteiger partial charge in [0.25, 0.3) is 0 Å². The average Bonchev–Trinajstić information content (AvgIpc) is 2.43. The van der Waals surface area contributed by atoms with Gasteiger partial charge in [-0.3, -0.25) is 0 Å². The van der Waals surface area contributed by atoms with E-state index >= 15 is 0 Å². The van der Waals surface area contributed by atoms with Crippen LogP contribution in [0.4, 0.5) is 4.39 Å². The highest BCUT2D eigenvalue weighted by Gasteiger charge is 2.24. The van der Waals surface area contributed by atoms with Crippen LogP contribution in [0.3, 0.4) is 0 Å². The van der Waals surface area contributed by atoms with E-state index in [-0.39, 0.29) is 11.4 Å². The number of rotatable bonds is 4. The maximum absolute atomic E-state index is 13.4. The fourth-order valence-corrected chi connectivity index (χ4v) is 2.22. The fraction of sp³-hybridized carbons (Fsp3) is 0.250. The highest BCUT2D eigenvalue weighted by Crippen LogP contribution is 2.29. The summed E-state index contributed by atoms with van der Waals surface area (Å²) in [6.45, 7) is 1.69. The summed E-state index contributed by atoms with van der Waals surface area (Å²) >= 11 is 5.65. The third kappa shape index (κ3) is 3.30. The van der Waals surface area contributed by atoms with E-state index in [9.17, 15) is 9.50 Å². The van der Waals surface area contributed by atoms with Gasteiger partial charge in [-0.25, -0.2) is 4.39 Å². The van der Waals surface area contributed by atoms with Crippen LogP contribution in [0, 0.1) is 5.82 Å². The Morgan fingerprint density at radius 1 is 1.25 bits per heavy atom. The normalized spacial score (nSPS) is 13.8. The molecule has 2 rings (SSSR count). The largest absolute Gasteiger partial charge is 0.497 e. The Kier molecular flexibility index (Phi) is 4.31. The number of ether oxygens (including phenoxy) is 1. The van der Waals surface area contributed by atoms with Crippen LogP contribution < -0.4 is 4.74 Å². The van der Waals surface area contributed by atoms with Crippen LogP contribution in [0.15, 0.2) is 42.5 Å². The van der Waals surface area contributed by atoms with Crippen LogP contribution in [-0.4, -0.2) is 12.2 Å². The first-order valence-corrected chi connectivity index (χ1v) is 6.61. The van der Waals surface area contributed by atoms with Gasteiger partial charge in [0.15, 0.2) is 0 Å². The van der Waals surface area contributed by atoms with E-state index in [0.29, 0.717) is 16.9 Å². The van der Waals surface area contributed by atoms with E-state index in [1.165, 1.54) is 12.1 Å². The minimum atomic E-state index is -1.12. The molecule has 0 saturated heterocycles. The Bertz CT molecular complexity index is 611. The molecule has 4 heteroatoms. The summed E-state index contributed by atoms with van der Waals surface area (Å²) in [6.07, 6.45) is 0.286. The molecule has 2 aromatic rings. The van der Waals surface area contributed by atoms with Gasteiger partial charge in [-0.2, -0.15) is 0 Å². The molecule has 0 spiro atoms. The molecule has 0 aliphatic heterocycles. The van der Waals surface area contributed by atoms with Crippen molar-refractivity contribution in [3.8, 4) is 5.75 Å². The predicted octanol–water partition coefficient (Wildman–Crippen LogP) is 3.94. The van der Waals surface area contributed by atoms with Gasteiger partial charge in [0.1, 0.15) is 11.6 Å². The molecule has 20 heavy (non-hydrogen) atoms. The number of hydrogen-bond acceptors (Lipinski definition) is 2. The van der Waals surface area contributed by atoms with E-state index < -0.39 is 11.4 Å². The molecule has 0 fully saturated rings. The minimum Gasteiger partial charge on any atom is -0.497 e. The monoisotopic (exact) mass is 294 g/mol. The van der Waals surface area contributed by atoms with Crippen LogP contribution in [0.1, 0.15) is 18.1 Å². The van der Waals surface area contributed by atoms with Crippen LogP contribution >= 0.6 is 11.6 Å². The van der Waals surface area contributed by atoms with Gasteiger partial charge in [-0.15, -0.1) is 0 Å². The first kappa shape index (κ1) is 14.8. The number of aliphatic hydroxyl groups is 1. The fourth-order valence-electron chi connectivity index (χ4n) is 2.11.